The predicted octanol–water partition coefficient (Wildman–Crippen LogP) is 1.38. The van der Waals surface area contributed by atoms with Crippen LogP contribution in [0.5, 0.6) is 0 Å². The molecule has 4 rings (SSSR count). The van der Waals surface area contributed by atoms with Gasteiger partial charge in [-0.2, -0.15) is 20.5 Å². The van der Waals surface area contributed by atoms with Crippen LogP contribution in [0.15, 0.2) is 24.6 Å². The molecule has 2 N–H and O–H groups in total. The fraction of sp³-hybridized carbons (Fsp3) is 0.556. The molecule has 0 unspecified atom stereocenters. The summed E-state index contributed by atoms with van der Waals surface area (Å²) in [5.41, 5.74) is 6.43. The minimum absolute atomic E-state index is 0.307. The molecule has 2 saturated heterocycles. The van der Waals surface area contributed by atoms with E-state index in [4.69, 9.17) is 80.9 Å². The summed E-state index contributed by atoms with van der Waals surface area (Å²) in [5, 5.41) is 14.5. The SMILES string of the molecule is S=C(S)N(N1C=CCC1)N(C(=S)[S-])N1CCCN1.S=C(S)N(N1C=CCC1)N(C(=S)[S-])N1CCCN1.[O]=[Mo+2]=[O]. The Bertz CT molecular complexity index is 906. The van der Waals surface area contributed by atoms with Gasteiger partial charge in [0.25, 0.3) is 0 Å². The van der Waals surface area contributed by atoms with E-state index in [1.54, 1.807) is 20.5 Å². The van der Waals surface area contributed by atoms with Crippen LogP contribution in [0.25, 0.3) is 0 Å². The van der Waals surface area contributed by atoms with E-state index in [0.717, 1.165) is 65.0 Å². The Labute approximate surface area is 280 Å². The van der Waals surface area contributed by atoms with Crippen molar-refractivity contribution in [2.24, 2.45) is 0 Å². The zero-order valence-electron chi connectivity index (χ0n) is 20.5. The maximum absolute atomic E-state index is 8.50. The van der Waals surface area contributed by atoms with Crippen LogP contribution in [0.3, 0.4) is 0 Å². The molecule has 0 aromatic heterocycles. The normalized spacial score (nSPS) is 18.0. The topological polar surface area (TPSA) is 84.1 Å². The first-order chi connectivity index (χ1) is 18.6. The molecule has 0 spiro atoms. The molecule has 0 amide bonds. The van der Waals surface area contributed by atoms with Crippen LogP contribution in [0, 0.1) is 0 Å². The second-order valence-corrected chi connectivity index (χ2v) is 12.4. The van der Waals surface area contributed by atoms with Gasteiger partial charge in [-0.25, -0.2) is 10.9 Å². The number of nitrogens with one attached hydrogen (secondary N) is 2. The first-order valence-corrected chi connectivity index (χ1v) is 16.5. The van der Waals surface area contributed by atoms with E-state index in [2.05, 4.69) is 48.3 Å². The second kappa shape index (κ2) is 18.4. The van der Waals surface area contributed by atoms with Crippen molar-refractivity contribution < 1.29 is 25.3 Å². The first kappa shape index (κ1) is 35.1. The molecule has 0 aliphatic carbocycles. The second-order valence-electron chi connectivity index (χ2n) is 7.77. The van der Waals surface area contributed by atoms with Gasteiger partial charge in [-0.15, -0.1) is 35.5 Å². The average Bonchev–Trinajstić information content (AvgIpc) is 3.70. The van der Waals surface area contributed by atoms with Crippen molar-refractivity contribution in [3.63, 3.8) is 0 Å². The van der Waals surface area contributed by atoms with Crippen molar-refractivity contribution in [1.29, 1.82) is 0 Å². The number of thiocarbonyl (C=S) groups is 4. The monoisotopic (exact) mass is 770 g/mol. The van der Waals surface area contributed by atoms with E-state index in [0.29, 0.717) is 17.3 Å². The summed E-state index contributed by atoms with van der Waals surface area (Å²) >= 11 is 37.5. The fourth-order valence-corrected chi connectivity index (χ4v) is 5.25. The van der Waals surface area contributed by atoms with Gasteiger partial charge in [-0.05, 0) is 58.8 Å². The molecular formula is C18H28MoN10O2S8. The molecule has 216 valence electrons. The third kappa shape index (κ3) is 10.6. The van der Waals surface area contributed by atoms with Gasteiger partial charge in [0.1, 0.15) is 0 Å². The van der Waals surface area contributed by atoms with E-state index >= 15 is 0 Å². The van der Waals surface area contributed by atoms with E-state index < -0.39 is 18.5 Å². The molecule has 39 heavy (non-hydrogen) atoms. The van der Waals surface area contributed by atoms with Gasteiger partial charge in [0.05, 0.1) is 0 Å². The molecule has 0 bridgehead atoms. The minimum atomic E-state index is -2.03. The van der Waals surface area contributed by atoms with Crippen molar-refractivity contribution in [3.05, 3.63) is 24.6 Å². The summed E-state index contributed by atoms with van der Waals surface area (Å²) in [5.74, 6) is 0. The van der Waals surface area contributed by atoms with E-state index in [1.165, 1.54) is 0 Å². The van der Waals surface area contributed by atoms with Gasteiger partial charge in [0.2, 0.25) is 0 Å². The van der Waals surface area contributed by atoms with Gasteiger partial charge < -0.3 is 49.7 Å². The number of hydrazine groups is 8. The van der Waals surface area contributed by atoms with Crippen LogP contribution in [-0.2, 0) is 50.5 Å². The van der Waals surface area contributed by atoms with Crippen molar-refractivity contribution in [3.8, 4) is 0 Å². The molecule has 0 saturated carbocycles. The first-order valence-electron chi connectivity index (χ1n) is 11.5. The van der Waals surface area contributed by atoms with Crippen LogP contribution >= 0.6 is 74.1 Å². The van der Waals surface area contributed by atoms with Crippen molar-refractivity contribution >= 4 is 117 Å². The summed E-state index contributed by atoms with van der Waals surface area (Å²) in [4.78, 5) is 0. The van der Waals surface area contributed by atoms with E-state index in [1.807, 2.05) is 32.7 Å². The third-order valence-corrected chi connectivity index (χ3v) is 6.60. The maximum atomic E-state index is 8.50. The number of rotatable bonds is 4. The average molecular weight is 769 g/mol. The van der Waals surface area contributed by atoms with Gasteiger partial charge in [-0.1, -0.05) is 12.2 Å². The molecule has 4 aliphatic heterocycles. The molecule has 4 heterocycles. The Balaban J connectivity index is 0.000000249. The number of hydrogen-bond donors (Lipinski definition) is 4. The summed E-state index contributed by atoms with van der Waals surface area (Å²) in [6.07, 6.45) is 12.1. The number of hydrogen-bond acceptors (Lipinski definition) is 14. The quantitative estimate of drug-likeness (QED) is 0.109. The molecular weight excluding hydrogens is 741 g/mol. The van der Waals surface area contributed by atoms with E-state index in [-0.39, 0.29) is 0 Å². The van der Waals surface area contributed by atoms with Gasteiger partial charge in [0.15, 0.2) is 8.64 Å². The van der Waals surface area contributed by atoms with Crippen LogP contribution in [0.1, 0.15) is 25.7 Å². The number of nitrogens with zero attached hydrogens (tertiary/aromatic N) is 8. The predicted molar refractivity (Wildman–Crippen MR) is 171 cm³/mol. The van der Waals surface area contributed by atoms with Crippen LogP contribution in [0.2, 0.25) is 0 Å². The number of thiol groups is 2. The molecule has 0 atom stereocenters. The van der Waals surface area contributed by atoms with Gasteiger partial charge in [-0.3, -0.25) is 10.0 Å². The van der Waals surface area contributed by atoms with Gasteiger partial charge >= 0.3 is 25.3 Å². The third-order valence-electron chi connectivity index (χ3n) is 5.26. The Hall–Kier alpha value is -0.0917. The van der Waals surface area contributed by atoms with E-state index in [9.17, 15) is 0 Å². The van der Waals surface area contributed by atoms with Crippen molar-refractivity contribution in [2.75, 3.05) is 39.3 Å². The Morgan fingerprint density at radius 1 is 0.718 bits per heavy atom. The zero-order chi connectivity index (χ0) is 28.9. The standard InChI is InChI=1S/2C9H15N5S4.Mo.2O/c2*15-8(16)13(11-5-1-2-6-11)14(9(17)18)12-7-3-4-10-12;;;/h2*1,5,10H,2-4,6-7H2,(H,15,16)(H,17,18);;;/q;;+2;;/p-2. The van der Waals surface area contributed by atoms with Crippen LogP contribution in [-0.4, -0.2) is 97.3 Å². The van der Waals surface area contributed by atoms with Crippen LogP contribution in [0.4, 0.5) is 0 Å². The molecule has 21 heteroatoms. The summed E-state index contributed by atoms with van der Waals surface area (Å²) < 4.78 is 18.4. The Kier molecular flexibility index (Phi) is 16.6. The molecule has 12 nitrogen and oxygen atoms in total. The van der Waals surface area contributed by atoms with Crippen molar-refractivity contribution in [1.82, 2.24) is 51.6 Å². The zero-order valence-corrected chi connectivity index (χ0v) is 29.2. The van der Waals surface area contributed by atoms with Crippen LogP contribution < -0.4 is 10.9 Å². The fourth-order valence-electron chi connectivity index (χ4n) is 3.78. The summed E-state index contributed by atoms with van der Waals surface area (Å²) in [6, 6.07) is 0. The Morgan fingerprint density at radius 2 is 1.08 bits per heavy atom. The Morgan fingerprint density at radius 3 is 1.28 bits per heavy atom. The molecule has 0 radical (unpaired) electrons. The summed E-state index contributed by atoms with van der Waals surface area (Å²) in [6.45, 7) is 5.14. The molecule has 0 aromatic carbocycles. The van der Waals surface area contributed by atoms with Gasteiger partial charge in [0, 0.05) is 51.7 Å². The summed E-state index contributed by atoms with van der Waals surface area (Å²) in [7, 11) is 0. The molecule has 0 aromatic rings. The van der Waals surface area contributed by atoms with Crippen molar-refractivity contribution in [2.45, 2.75) is 25.7 Å². The molecule has 4 aliphatic rings. The molecule has 2 fully saturated rings.